The summed E-state index contributed by atoms with van der Waals surface area (Å²) in [5, 5.41) is 12.8. The zero-order chi connectivity index (χ0) is 14.9. The van der Waals surface area contributed by atoms with Crippen LogP contribution in [-0.2, 0) is 16.0 Å². The number of carbonyl (C=O) groups is 2. The van der Waals surface area contributed by atoms with Gasteiger partial charge in [-0.15, -0.1) is 0 Å². The zero-order valence-electron chi connectivity index (χ0n) is 11.6. The molecule has 6 heteroatoms. The number of fused-ring (bicyclic) bond motifs is 1. The van der Waals surface area contributed by atoms with Gasteiger partial charge in [-0.05, 0) is 37.0 Å². The van der Waals surface area contributed by atoms with Crippen molar-refractivity contribution in [3.8, 4) is 0 Å². The van der Waals surface area contributed by atoms with Crippen LogP contribution in [-0.4, -0.2) is 32.5 Å². The van der Waals surface area contributed by atoms with Crippen molar-refractivity contribution in [2.75, 3.05) is 0 Å². The molecule has 2 heterocycles. The smallest absolute Gasteiger partial charge is 0.305 e. The lowest BCUT2D eigenvalue weighted by Crippen LogP contribution is -2.55. The molecule has 6 nitrogen and oxygen atoms in total. The van der Waals surface area contributed by atoms with Gasteiger partial charge in [0.2, 0.25) is 5.91 Å². The highest BCUT2D eigenvalue weighted by Crippen LogP contribution is 2.35. The Labute approximate surface area is 121 Å². The SMILES string of the molecule is O=C(O)CC1(NC(=O)Cc2c[nH]c3ncccc23)CCC1. The third kappa shape index (κ3) is 2.74. The van der Waals surface area contributed by atoms with E-state index in [1.165, 1.54) is 0 Å². The Bertz CT molecular complexity index is 688. The molecule has 1 aliphatic carbocycles. The summed E-state index contributed by atoms with van der Waals surface area (Å²) in [7, 11) is 0. The van der Waals surface area contributed by atoms with E-state index in [0.29, 0.717) is 0 Å². The summed E-state index contributed by atoms with van der Waals surface area (Å²) in [5.74, 6) is -1.01. The molecule has 110 valence electrons. The topological polar surface area (TPSA) is 95.1 Å². The first-order chi connectivity index (χ1) is 10.1. The Hall–Kier alpha value is -2.37. The molecule has 3 N–H and O–H groups in total. The fraction of sp³-hybridized carbons (Fsp3) is 0.400. The van der Waals surface area contributed by atoms with E-state index >= 15 is 0 Å². The number of nitrogens with zero attached hydrogens (tertiary/aromatic N) is 1. The lowest BCUT2D eigenvalue weighted by molar-refractivity contribution is -0.140. The maximum absolute atomic E-state index is 12.2. The van der Waals surface area contributed by atoms with Crippen LogP contribution in [0, 0.1) is 0 Å². The molecule has 0 atom stereocenters. The molecule has 3 rings (SSSR count). The Morgan fingerprint density at radius 3 is 2.90 bits per heavy atom. The third-order valence-electron chi connectivity index (χ3n) is 4.09. The lowest BCUT2D eigenvalue weighted by atomic mass is 9.74. The largest absolute Gasteiger partial charge is 0.481 e. The number of aromatic nitrogens is 2. The van der Waals surface area contributed by atoms with Gasteiger partial charge in [0.25, 0.3) is 0 Å². The number of rotatable bonds is 5. The van der Waals surface area contributed by atoms with Gasteiger partial charge in [0, 0.05) is 17.8 Å². The second kappa shape index (κ2) is 5.20. The molecule has 0 aliphatic heterocycles. The number of H-pyrrole nitrogens is 1. The first-order valence-electron chi connectivity index (χ1n) is 7.02. The maximum atomic E-state index is 12.2. The van der Waals surface area contributed by atoms with E-state index in [9.17, 15) is 9.59 Å². The molecule has 1 fully saturated rings. The molecular weight excluding hydrogens is 270 g/mol. The van der Waals surface area contributed by atoms with E-state index in [2.05, 4.69) is 15.3 Å². The van der Waals surface area contributed by atoms with E-state index in [1.807, 2.05) is 12.1 Å². The summed E-state index contributed by atoms with van der Waals surface area (Å²) in [6.07, 6.45) is 6.13. The average Bonchev–Trinajstić information content (AvgIpc) is 2.79. The number of hydrogen-bond donors (Lipinski definition) is 3. The van der Waals surface area contributed by atoms with Crippen LogP contribution < -0.4 is 5.32 Å². The molecule has 1 saturated carbocycles. The van der Waals surface area contributed by atoms with E-state index < -0.39 is 11.5 Å². The van der Waals surface area contributed by atoms with Crippen LogP contribution in [0.25, 0.3) is 11.0 Å². The molecule has 0 unspecified atom stereocenters. The molecular formula is C15H17N3O3. The van der Waals surface area contributed by atoms with Crippen molar-refractivity contribution in [1.82, 2.24) is 15.3 Å². The highest BCUT2D eigenvalue weighted by atomic mass is 16.4. The Morgan fingerprint density at radius 1 is 1.43 bits per heavy atom. The van der Waals surface area contributed by atoms with Crippen LogP contribution in [0.1, 0.15) is 31.2 Å². The standard InChI is InChI=1S/C15H17N3O3/c19-12(18-15(4-2-5-15)8-13(20)21)7-10-9-17-14-11(10)3-1-6-16-14/h1,3,6,9H,2,4-5,7-8H2,(H,16,17)(H,18,19)(H,20,21). The van der Waals surface area contributed by atoms with Gasteiger partial charge < -0.3 is 15.4 Å². The molecule has 0 bridgehead atoms. The molecule has 0 saturated heterocycles. The van der Waals surface area contributed by atoms with Crippen molar-refractivity contribution in [1.29, 1.82) is 0 Å². The summed E-state index contributed by atoms with van der Waals surface area (Å²) in [6, 6.07) is 3.74. The van der Waals surface area contributed by atoms with Gasteiger partial charge in [0.05, 0.1) is 18.4 Å². The van der Waals surface area contributed by atoms with Gasteiger partial charge in [0.15, 0.2) is 0 Å². The maximum Gasteiger partial charge on any atom is 0.305 e. The second-order valence-electron chi connectivity index (χ2n) is 5.64. The van der Waals surface area contributed by atoms with E-state index in [0.717, 1.165) is 35.9 Å². The number of hydrogen-bond acceptors (Lipinski definition) is 3. The van der Waals surface area contributed by atoms with Crippen LogP contribution in [0.4, 0.5) is 0 Å². The molecule has 0 spiro atoms. The molecule has 1 aliphatic rings. The van der Waals surface area contributed by atoms with Gasteiger partial charge in [-0.25, -0.2) is 4.98 Å². The monoisotopic (exact) mass is 287 g/mol. The van der Waals surface area contributed by atoms with Crippen molar-refractivity contribution in [2.45, 2.75) is 37.6 Å². The van der Waals surface area contributed by atoms with Crippen LogP contribution in [0.5, 0.6) is 0 Å². The number of pyridine rings is 1. The fourth-order valence-electron chi connectivity index (χ4n) is 2.91. The number of carboxylic acid groups (broad SMARTS) is 1. The molecule has 0 radical (unpaired) electrons. The second-order valence-corrected chi connectivity index (χ2v) is 5.64. The summed E-state index contributed by atoms with van der Waals surface area (Å²) in [5.41, 5.74) is 1.08. The van der Waals surface area contributed by atoms with Gasteiger partial charge in [-0.2, -0.15) is 0 Å². The van der Waals surface area contributed by atoms with Gasteiger partial charge in [0.1, 0.15) is 5.65 Å². The molecule has 2 aromatic rings. The Kier molecular flexibility index (Phi) is 3.37. The lowest BCUT2D eigenvalue weighted by Gasteiger charge is -2.41. The van der Waals surface area contributed by atoms with Crippen LogP contribution in [0.3, 0.4) is 0 Å². The number of aromatic amines is 1. The van der Waals surface area contributed by atoms with Crippen molar-refractivity contribution < 1.29 is 14.7 Å². The number of aliphatic carboxylic acids is 1. The Morgan fingerprint density at radius 2 is 2.24 bits per heavy atom. The van der Waals surface area contributed by atoms with Crippen LogP contribution >= 0.6 is 0 Å². The summed E-state index contributed by atoms with van der Waals surface area (Å²) in [4.78, 5) is 30.3. The van der Waals surface area contributed by atoms with E-state index in [-0.39, 0.29) is 18.7 Å². The van der Waals surface area contributed by atoms with Gasteiger partial charge in [-0.1, -0.05) is 0 Å². The number of carbonyl (C=O) groups excluding carboxylic acids is 1. The molecule has 2 aromatic heterocycles. The normalized spacial score (nSPS) is 16.4. The minimum absolute atomic E-state index is 0.00577. The molecule has 0 aromatic carbocycles. The van der Waals surface area contributed by atoms with Crippen molar-refractivity contribution in [3.63, 3.8) is 0 Å². The van der Waals surface area contributed by atoms with Crippen LogP contribution in [0.2, 0.25) is 0 Å². The quantitative estimate of drug-likeness (QED) is 0.778. The van der Waals surface area contributed by atoms with Crippen molar-refractivity contribution >= 4 is 22.9 Å². The highest BCUT2D eigenvalue weighted by molar-refractivity contribution is 5.87. The number of amides is 1. The van der Waals surface area contributed by atoms with E-state index in [4.69, 9.17) is 5.11 Å². The minimum Gasteiger partial charge on any atom is -0.481 e. The van der Waals surface area contributed by atoms with Crippen molar-refractivity contribution in [2.24, 2.45) is 0 Å². The van der Waals surface area contributed by atoms with Crippen LogP contribution in [0.15, 0.2) is 24.5 Å². The first-order valence-corrected chi connectivity index (χ1v) is 7.02. The van der Waals surface area contributed by atoms with Gasteiger partial charge >= 0.3 is 5.97 Å². The summed E-state index contributed by atoms with van der Waals surface area (Å²) >= 11 is 0. The first kappa shape index (κ1) is 13.6. The van der Waals surface area contributed by atoms with Gasteiger partial charge in [-0.3, -0.25) is 9.59 Å². The summed E-state index contributed by atoms with van der Waals surface area (Å²) in [6.45, 7) is 0. The third-order valence-corrected chi connectivity index (χ3v) is 4.09. The predicted octanol–water partition coefficient (Wildman–Crippen LogP) is 1.62. The number of carboxylic acids is 1. The molecule has 21 heavy (non-hydrogen) atoms. The Balaban J connectivity index is 1.70. The minimum atomic E-state index is -0.869. The number of nitrogens with one attached hydrogen (secondary N) is 2. The average molecular weight is 287 g/mol. The molecule has 1 amide bonds. The predicted molar refractivity (Wildman–Crippen MR) is 76.8 cm³/mol. The fourth-order valence-corrected chi connectivity index (χ4v) is 2.91. The van der Waals surface area contributed by atoms with E-state index in [1.54, 1.807) is 12.4 Å². The zero-order valence-corrected chi connectivity index (χ0v) is 11.6. The summed E-state index contributed by atoms with van der Waals surface area (Å²) < 4.78 is 0. The highest BCUT2D eigenvalue weighted by Gasteiger charge is 2.40. The van der Waals surface area contributed by atoms with Crippen molar-refractivity contribution in [3.05, 3.63) is 30.1 Å².